The summed E-state index contributed by atoms with van der Waals surface area (Å²) in [5.74, 6) is 0. The zero-order chi connectivity index (χ0) is 41.2. The van der Waals surface area contributed by atoms with Crippen molar-refractivity contribution in [2.45, 2.75) is 138 Å². The fourth-order valence-electron chi connectivity index (χ4n) is 10.7. The summed E-state index contributed by atoms with van der Waals surface area (Å²) in [6.45, 7) is 24.4. The fourth-order valence-corrected chi connectivity index (χ4v) is 53.0. The zero-order valence-corrected chi connectivity index (χ0v) is 42.8. The molecular formula is C50H69BCl2NSi2Zr. The van der Waals surface area contributed by atoms with Crippen molar-refractivity contribution in [1.82, 2.24) is 4.14 Å². The summed E-state index contributed by atoms with van der Waals surface area (Å²) < 4.78 is 3.01. The minimum absolute atomic E-state index is 0.0272. The SMILES string of the molecule is CCCCc1ccccc1-c1cccc2c1C=C(CCC)[CH]2[Zr]([Cl])([Cl])([BH]N([Si](C)(C)C)[Si](C)(C)C)[CH]1C(CCC)=Cc2c(-c3ccccc3CCCC)cccc21. The van der Waals surface area contributed by atoms with E-state index in [-0.39, 0.29) is 7.25 Å². The predicted octanol–water partition coefficient (Wildman–Crippen LogP) is 16.1. The van der Waals surface area contributed by atoms with Crippen molar-refractivity contribution in [1.29, 1.82) is 0 Å². The van der Waals surface area contributed by atoms with Crippen molar-refractivity contribution in [3.8, 4) is 22.3 Å². The number of aryl methyl sites for hydroxylation is 2. The minimum atomic E-state index is -5.30. The van der Waals surface area contributed by atoms with Crippen molar-refractivity contribution in [2.75, 3.05) is 0 Å². The molecular weight excluding hydrogens is 844 g/mol. The molecule has 0 N–H and O–H groups in total. The van der Waals surface area contributed by atoms with Gasteiger partial charge in [0.1, 0.15) is 0 Å². The van der Waals surface area contributed by atoms with Crippen LogP contribution >= 0.6 is 17.0 Å². The molecule has 0 spiro atoms. The number of rotatable bonds is 18. The van der Waals surface area contributed by atoms with Gasteiger partial charge in [-0.2, -0.15) is 0 Å². The molecule has 0 aliphatic heterocycles. The first kappa shape index (κ1) is 44.8. The Kier molecular flexibility index (Phi) is 14.2. The molecule has 7 heteroatoms. The Morgan fingerprint density at radius 2 is 0.895 bits per heavy atom. The Morgan fingerprint density at radius 1 is 0.509 bits per heavy atom. The van der Waals surface area contributed by atoms with E-state index in [9.17, 15) is 17.0 Å². The van der Waals surface area contributed by atoms with Crippen LogP contribution in [-0.2, 0) is 29.0 Å². The molecule has 0 fully saturated rings. The van der Waals surface area contributed by atoms with Gasteiger partial charge >= 0.3 is 361 Å². The summed E-state index contributed by atoms with van der Waals surface area (Å²) in [5.41, 5.74) is 16.7. The molecule has 0 bridgehead atoms. The average molecular weight is 913 g/mol. The second-order valence-electron chi connectivity index (χ2n) is 19.2. The van der Waals surface area contributed by atoms with Crippen molar-refractivity contribution >= 4 is 50.6 Å². The molecule has 0 amide bonds. The van der Waals surface area contributed by atoms with Crippen LogP contribution in [0.4, 0.5) is 0 Å². The van der Waals surface area contributed by atoms with E-state index in [4.69, 9.17) is 0 Å². The third-order valence-electron chi connectivity index (χ3n) is 12.9. The Hall–Kier alpha value is -1.72. The molecule has 4 aromatic carbocycles. The van der Waals surface area contributed by atoms with Crippen LogP contribution in [0.15, 0.2) is 96.1 Å². The molecule has 0 heterocycles. The normalized spacial score (nSPS) is 17.5. The Labute approximate surface area is 358 Å². The number of halogens is 2. The Morgan fingerprint density at radius 3 is 1.26 bits per heavy atom. The average Bonchev–Trinajstić information content (AvgIpc) is 3.75. The molecule has 0 radical (unpaired) electrons. The van der Waals surface area contributed by atoms with Gasteiger partial charge < -0.3 is 0 Å². The molecule has 0 saturated heterocycles. The van der Waals surface area contributed by atoms with Crippen LogP contribution in [0.2, 0.25) is 39.3 Å². The number of benzene rings is 4. The molecule has 2 aliphatic rings. The molecule has 2 atom stereocenters. The topological polar surface area (TPSA) is 3.24 Å². The number of unbranched alkanes of at least 4 members (excludes halogenated alkanes) is 2. The van der Waals surface area contributed by atoms with Crippen LogP contribution in [0.25, 0.3) is 34.4 Å². The van der Waals surface area contributed by atoms with Crippen molar-refractivity contribution in [3.63, 3.8) is 0 Å². The number of hydrogen-bond donors (Lipinski definition) is 0. The second kappa shape index (κ2) is 18.1. The van der Waals surface area contributed by atoms with Gasteiger partial charge in [-0.05, 0) is 0 Å². The van der Waals surface area contributed by atoms with E-state index in [0.717, 1.165) is 43.5 Å². The van der Waals surface area contributed by atoms with Crippen LogP contribution in [0.3, 0.4) is 0 Å². The monoisotopic (exact) mass is 910 g/mol. The van der Waals surface area contributed by atoms with E-state index in [0.29, 0.717) is 0 Å². The molecule has 2 unspecified atom stereocenters. The first-order valence-electron chi connectivity index (χ1n) is 22.3. The predicted molar refractivity (Wildman–Crippen MR) is 260 cm³/mol. The summed E-state index contributed by atoms with van der Waals surface area (Å²) in [7, 11) is 14.7. The van der Waals surface area contributed by atoms with E-state index in [1.807, 2.05) is 0 Å². The van der Waals surface area contributed by atoms with Crippen molar-refractivity contribution < 1.29 is 16.2 Å². The summed E-state index contributed by atoms with van der Waals surface area (Å²) >= 11 is -5.30. The van der Waals surface area contributed by atoms with Gasteiger partial charge in [0.2, 0.25) is 0 Å². The second-order valence-corrected chi connectivity index (χ2v) is 51.4. The maximum atomic E-state index is 9.22. The van der Waals surface area contributed by atoms with Gasteiger partial charge in [0, 0.05) is 0 Å². The van der Waals surface area contributed by atoms with Gasteiger partial charge in [-0.3, -0.25) is 0 Å². The Bertz CT molecular complexity index is 1980. The molecule has 0 aromatic heterocycles. The molecule has 0 saturated carbocycles. The summed E-state index contributed by atoms with van der Waals surface area (Å²) in [6.07, 6.45) is 16.2. The quantitative estimate of drug-likeness (QED) is 0.0899. The standard InChI is InChI=1S/2C22H25.C6H19BNSi2.2ClH.Zr/c2*1-3-5-10-18-11-6-7-13-20(18)21-14-8-12-19-15-17(9-4-2)16-22(19)21;1-9(2,3)8(7)10(4,5)6;;;/h2*6-8,11-16H,3-5,9-10H2,1-2H3;7H,1-6H3;2*1H;/q;;+1;;;+1/p-2. The molecule has 2 aliphatic carbocycles. The third kappa shape index (κ3) is 9.02. The fraction of sp³-hybridized carbons (Fsp3) is 0.440. The zero-order valence-electron chi connectivity index (χ0n) is 36.9. The van der Waals surface area contributed by atoms with Crippen LogP contribution < -0.4 is 0 Å². The number of allylic oxidation sites excluding steroid dienone is 2. The van der Waals surface area contributed by atoms with Crippen LogP contribution in [-0.4, -0.2) is 25.6 Å². The van der Waals surface area contributed by atoms with Gasteiger partial charge in [0.25, 0.3) is 0 Å². The first-order valence-corrected chi connectivity index (χ1v) is 40.1. The van der Waals surface area contributed by atoms with Crippen LogP contribution in [0, 0.1) is 0 Å². The van der Waals surface area contributed by atoms with Crippen LogP contribution in [0.1, 0.15) is 120 Å². The van der Waals surface area contributed by atoms with Gasteiger partial charge in [0.15, 0.2) is 0 Å². The number of fused-ring (bicyclic) bond motifs is 2. The van der Waals surface area contributed by atoms with E-state index >= 15 is 0 Å². The molecule has 57 heavy (non-hydrogen) atoms. The van der Waals surface area contributed by atoms with Gasteiger partial charge in [-0.1, -0.05) is 0 Å². The first-order chi connectivity index (χ1) is 27.1. The van der Waals surface area contributed by atoms with E-state index in [1.165, 1.54) is 92.5 Å². The van der Waals surface area contributed by atoms with E-state index in [2.05, 4.69) is 168 Å². The van der Waals surface area contributed by atoms with Gasteiger partial charge in [-0.15, -0.1) is 0 Å². The molecule has 303 valence electrons. The Balaban J connectivity index is 1.66. The summed E-state index contributed by atoms with van der Waals surface area (Å²) in [5, 5.41) is 0. The third-order valence-corrected chi connectivity index (χ3v) is 40.0. The maximum absolute atomic E-state index is 9.22. The molecule has 1 nitrogen and oxygen atoms in total. The molecule has 4 aromatic rings. The van der Waals surface area contributed by atoms with Crippen molar-refractivity contribution in [2.24, 2.45) is 0 Å². The van der Waals surface area contributed by atoms with Gasteiger partial charge in [-0.25, -0.2) is 0 Å². The number of hydrogen-bond acceptors (Lipinski definition) is 1. The van der Waals surface area contributed by atoms with Gasteiger partial charge in [0.05, 0.1) is 0 Å². The van der Waals surface area contributed by atoms with Crippen molar-refractivity contribution in [3.05, 3.63) is 129 Å². The van der Waals surface area contributed by atoms with Crippen LogP contribution in [0.5, 0.6) is 0 Å². The summed E-state index contributed by atoms with van der Waals surface area (Å²) in [6, 6.07) is 32.4. The number of nitrogens with zero attached hydrogens (tertiary/aromatic N) is 1. The molecule has 6 rings (SSSR count). The summed E-state index contributed by atoms with van der Waals surface area (Å²) in [4.78, 5) is 0.834. The van der Waals surface area contributed by atoms with E-state index in [1.54, 1.807) is 0 Å². The van der Waals surface area contributed by atoms with E-state index < -0.39 is 32.6 Å².